The quantitative estimate of drug-likeness (QED) is 0.293. The molecule has 0 aliphatic heterocycles. The second-order valence-electron chi connectivity index (χ2n) is 6.24. The van der Waals surface area contributed by atoms with Crippen molar-refractivity contribution in [1.82, 2.24) is 0 Å². The van der Waals surface area contributed by atoms with Gasteiger partial charge in [0, 0.05) is 0 Å². The summed E-state index contributed by atoms with van der Waals surface area (Å²) in [5, 5.41) is 7.45. The lowest BCUT2D eigenvalue weighted by Crippen LogP contribution is -2.75. The van der Waals surface area contributed by atoms with Gasteiger partial charge in [-0.1, -0.05) is 0 Å². The maximum atomic E-state index is 13.3. The first-order valence-electron chi connectivity index (χ1n) is 7.38. The minimum absolute atomic E-state index is 4.87. The van der Waals surface area contributed by atoms with Crippen LogP contribution in [0.3, 0.4) is 0 Å². The minimum Gasteiger partial charge on any atom is -0.331 e. The summed E-state index contributed by atoms with van der Waals surface area (Å²) < 4.78 is 271. The Morgan fingerprint density at radius 3 is 0.912 bits per heavy atom. The predicted octanol–water partition coefficient (Wildman–Crippen LogP) is 6.30. The number of hydrogen-bond acceptors (Lipinski definition) is 1. The summed E-state index contributed by atoms with van der Waals surface area (Å²) in [4.78, 5) is 0. The maximum absolute atomic E-state index is 13.3. The molecular formula is C12H5F21O. The first-order valence-corrected chi connectivity index (χ1v) is 7.38. The van der Waals surface area contributed by atoms with E-state index in [0.29, 0.717) is 0 Å². The summed E-state index contributed by atoms with van der Waals surface area (Å²) in [6.07, 6.45) is -28.5. The molecule has 0 rings (SSSR count). The first-order chi connectivity index (χ1) is 14.4. The minimum atomic E-state index is -9.01. The standard InChI is InChI=1S/C12H5F21O/c13-1(2(14)4(16)17)3(15)5(18,19)6(20,21)7(22,23)8(24,25)9(26,27)10(28,29)11(30,31)12(32,33)34/h1-4,34H. The summed E-state index contributed by atoms with van der Waals surface area (Å²) in [5.41, 5.74) is 0. The van der Waals surface area contributed by atoms with Crippen molar-refractivity contribution in [3.63, 3.8) is 0 Å². The lowest BCUT2D eigenvalue weighted by atomic mass is 9.87. The summed E-state index contributed by atoms with van der Waals surface area (Å²) in [6, 6.07) is 0. The van der Waals surface area contributed by atoms with Gasteiger partial charge in [-0.25, -0.2) is 22.0 Å². The topological polar surface area (TPSA) is 20.2 Å². The highest BCUT2D eigenvalue weighted by molar-refractivity contribution is 5.16. The second kappa shape index (κ2) is 8.56. The Morgan fingerprint density at radius 2 is 0.647 bits per heavy atom. The van der Waals surface area contributed by atoms with E-state index in [1.165, 1.54) is 0 Å². The van der Waals surface area contributed by atoms with Crippen LogP contribution in [0.2, 0.25) is 0 Å². The average Bonchev–Trinajstić information content (AvgIpc) is 2.63. The number of rotatable bonds is 11. The maximum Gasteiger partial charge on any atom is 0.423 e. The van der Waals surface area contributed by atoms with E-state index in [0.717, 1.165) is 0 Å². The molecule has 22 heteroatoms. The van der Waals surface area contributed by atoms with Gasteiger partial charge in [-0.3, -0.25) is 0 Å². The fraction of sp³-hybridized carbons (Fsp3) is 1.00. The van der Waals surface area contributed by atoms with E-state index in [-0.39, 0.29) is 0 Å². The van der Waals surface area contributed by atoms with Gasteiger partial charge >= 0.3 is 47.6 Å². The highest BCUT2D eigenvalue weighted by Crippen LogP contribution is 2.64. The molecule has 34 heavy (non-hydrogen) atoms. The van der Waals surface area contributed by atoms with Gasteiger partial charge in [0.15, 0.2) is 12.3 Å². The van der Waals surface area contributed by atoms with Crippen LogP contribution in [0.5, 0.6) is 0 Å². The van der Waals surface area contributed by atoms with Crippen molar-refractivity contribution < 1.29 is 97.3 Å². The molecule has 0 spiro atoms. The van der Waals surface area contributed by atoms with Crippen LogP contribution < -0.4 is 0 Å². The normalized spacial score (nSPS) is 18.8. The van der Waals surface area contributed by atoms with Crippen LogP contribution in [0.15, 0.2) is 0 Å². The Balaban J connectivity index is 6.77. The van der Waals surface area contributed by atoms with Crippen molar-refractivity contribution in [3.8, 4) is 0 Å². The van der Waals surface area contributed by atoms with E-state index in [1.54, 1.807) is 0 Å². The van der Waals surface area contributed by atoms with Crippen molar-refractivity contribution in [3.05, 3.63) is 0 Å². The van der Waals surface area contributed by atoms with Crippen LogP contribution in [0.4, 0.5) is 92.2 Å². The largest absolute Gasteiger partial charge is 0.423 e. The lowest BCUT2D eigenvalue weighted by molar-refractivity contribution is -0.470. The van der Waals surface area contributed by atoms with Crippen molar-refractivity contribution >= 4 is 0 Å². The van der Waals surface area contributed by atoms with Crippen molar-refractivity contribution in [2.24, 2.45) is 0 Å². The Labute approximate surface area is 171 Å². The molecular weight excluding hydrogens is 559 g/mol. The van der Waals surface area contributed by atoms with Gasteiger partial charge in [0.05, 0.1) is 0 Å². The summed E-state index contributed by atoms with van der Waals surface area (Å²) in [7, 11) is 0. The highest BCUT2D eigenvalue weighted by atomic mass is 19.4. The van der Waals surface area contributed by atoms with Crippen LogP contribution in [0, 0.1) is 0 Å². The Hall–Kier alpha value is -1.51. The van der Waals surface area contributed by atoms with Crippen molar-refractivity contribution in [2.45, 2.75) is 72.5 Å². The molecule has 206 valence electrons. The fourth-order valence-electron chi connectivity index (χ4n) is 1.86. The van der Waals surface area contributed by atoms with Crippen LogP contribution in [-0.4, -0.2) is 77.6 Å². The second-order valence-corrected chi connectivity index (χ2v) is 6.24. The van der Waals surface area contributed by atoms with Gasteiger partial charge in [-0.15, -0.1) is 0 Å². The molecule has 0 aliphatic rings. The molecule has 1 N–H and O–H groups in total. The zero-order valence-electron chi connectivity index (χ0n) is 14.7. The first kappa shape index (κ1) is 32.5. The zero-order valence-corrected chi connectivity index (χ0v) is 14.7. The van der Waals surface area contributed by atoms with Gasteiger partial charge in [-0.2, -0.15) is 70.2 Å². The third-order valence-corrected chi connectivity index (χ3v) is 3.94. The molecule has 0 amide bonds. The summed E-state index contributed by atoms with van der Waals surface area (Å²) >= 11 is 0. The van der Waals surface area contributed by atoms with E-state index in [1.807, 2.05) is 0 Å². The molecule has 0 fully saturated rings. The number of halogens is 21. The highest BCUT2D eigenvalue weighted by Gasteiger charge is 2.95. The fourth-order valence-corrected chi connectivity index (χ4v) is 1.86. The molecule has 3 unspecified atom stereocenters. The SMILES string of the molecule is OC(F)(F)C(F)(F)C(F)(F)C(F)(F)C(F)(F)C(F)(F)C(F)(F)C(F)(F)C(F)C(F)C(F)C(F)F. The van der Waals surface area contributed by atoms with Crippen LogP contribution in [0.1, 0.15) is 0 Å². The van der Waals surface area contributed by atoms with E-state index >= 15 is 0 Å². The number of alkyl halides is 21. The van der Waals surface area contributed by atoms with E-state index in [9.17, 15) is 92.2 Å². The van der Waals surface area contributed by atoms with Crippen LogP contribution >= 0.6 is 0 Å². The molecule has 0 bridgehead atoms. The molecule has 0 heterocycles. The number of aliphatic hydroxyl groups is 1. The zero-order chi connectivity index (χ0) is 28.3. The van der Waals surface area contributed by atoms with E-state index in [2.05, 4.69) is 0 Å². The monoisotopic (exact) mass is 564 g/mol. The van der Waals surface area contributed by atoms with Gasteiger partial charge < -0.3 is 5.11 Å². The molecule has 0 radical (unpaired) electrons. The molecule has 0 saturated carbocycles. The number of hydrogen-bond donors (Lipinski definition) is 1. The van der Waals surface area contributed by atoms with Gasteiger partial charge in [0.2, 0.25) is 6.17 Å². The molecule has 0 aromatic heterocycles. The van der Waals surface area contributed by atoms with E-state index < -0.39 is 72.5 Å². The average molecular weight is 564 g/mol. The van der Waals surface area contributed by atoms with Gasteiger partial charge in [0.25, 0.3) is 6.43 Å². The van der Waals surface area contributed by atoms with Gasteiger partial charge in [0.1, 0.15) is 0 Å². The smallest absolute Gasteiger partial charge is 0.331 e. The Morgan fingerprint density at radius 1 is 0.382 bits per heavy atom. The predicted molar refractivity (Wildman–Crippen MR) is 62.5 cm³/mol. The van der Waals surface area contributed by atoms with Crippen molar-refractivity contribution in [1.29, 1.82) is 0 Å². The Bertz CT molecular complexity index is 707. The van der Waals surface area contributed by atoms with E-state index in [4.69, 9.17) is 5.11 Å². The van der Waals surface area contributed by atoms with Crippen molar-refractivity contribution in [2.75, 3.05) is 0 Å². The van der Waals surface area contributed by atoms with Gasteiger partial charge in [-0.05, 0) is 0 Å². The summed E-state index contributed by atoms with van der Waals surface area (Å²) in [6.45, 7) is 0. The molecule has 1 nitrogen and oxygen atoms in total. The third-order valence-electron chi connectivity index (χ3n) is 3.94. The Kier molecular flexibility index (Phi) is 8.18. The summed E-state index contributed by atoms with van der Waals surface area (Å²) in [5.74, 6) is -60.3. The third kappa shape index (κ3) is 4.20. The molecule has 0 saturated heterocycles. The van der Waals surface area contributed by atoms with Crippen LogP contribution in [-0.2, 0) is 0 Å². The lowest BCUT2D eigenvalue weighted by Gasteiger charge is -2.43. The molecule has 0 aromatic rings. The van der Waals surface area contributed by atoms with Crippen LogP contribution in [0.25, 0.3) is 0 Å². The molecule has 0 aromatic carbocycles. The molecule has 3 atom stereocenters. The molecule has 0 aliphatic carbocycles.